The van der Waals surface area contributed by atoms with E-state index in [1.165, 1.54) is 5.56 Å². The molecule has 4 N–H and O–H groups in total. The molecule has 0 aromatic heterocycles. The number of benzene rings is 2. The summed E-state index contributed by atoms with van der Waals surface area (Å²) < 4.78 is 0. The van der Waals surface area contributed by atoms with Crippen LogP contribution in [0.15, 0.2) is 36.4 Å². The average Bonchev–Trinajstić information content (AvgIpc) is 2.42. The molecule has 0 amide bonds. The molecule has 0 unspecified atom stereocenters. The maximum Gasteiger partial charge on any atom is 0.0630 e. The van der Waals surface area contributed by atoms with E-state index in [1.54, 1.807) is 0 Å². The van der Waals surface area contributed by atoms with Crippen LogP contribution in [0.3, 0.4) is 0 Å². The van der Waals surface area contributed by atoms with Gasteiger partial charge in [-0.15, -0.1) is 0 Å². The van der Waals surface area contributed by atoms with E-state index in [1.807, 2.05) is 0 Å². The second-order valence-electron chi connectivity index (χ2n) is 4.50. The van der Waals surface area contributed by atoms with Gasteiger partial charge in [-0.1, -0.05) is 50.2 Å². The normalized spacial score (nSPS) is 10.6. The number of anilines is 2. The Morgan fingerprint density at radius 1 is 0.778 bits per heavy atom. The first-order chi connectivity index (χ1) is 8.67. The molecular formula is C16H20N2. The van der Waals surface area contributed by atoms with Gasteiger partial charge in [-0.3, -0.25) is 0 Å². The molecule has 0 heterocycles. The van der Waals surface area contributed by atoms with Crippen LogP contribution in [0, 0.1) is 0 Å². The monoisotopic (exact) mass is 240 g/mol. The van der Waals surface area contributed by atoms with E-state index in [4.69, 9.17) is 11.5 Å². The Bertz CT molecular complexity index is 542. The fraction of sp³-hybridized carbons (Fsp3) is 0.250. The molecule has 0 spiro atoms. The van der Waals surface area contributed by atoms with Crippen molar-refractivity contribution in [2.45, 2.75) is 26.7 Å². The first-order valence-corrected chi connectivity index (χ1v) is 6.43. The van der Waals surface area contributed by atoms with Crippen LogP contribution in [0.4, 0.5) is 11.4 Å². The van der Waals surface area contributed by atoms with Gasteiger partial charge in [0.25, 0.3) is 0 Å². The van der Waals surface area contributed by atoms with Crippen LogP contribution in [0.25, 0.3) is 11.1 Å². The van der Waals surface area contributed by atoms with E-state index >= 15 is 0 Å². The molecule has 2 nitrogen and oxygen atoms in total. The Kier molecular flexibility index (Phi) is 3.56. The molecule has 0 bridgehead atoms. The van der Waals surface area contributed by atoms with E-state index in [0.29, 0.717) is 5.69 Å². The average molecular weight is 240 g/mol. The Morgan fingerprint density at radius 2 is 1.44 bits per heavy atom. The number of aryl methyl sites for hydroxylation is 2. The van der Waals surface area contributed by atoms with Gasteiger partial charge in [0, 0.05) is 5.56 Å². The first-order valence-electron chi connectivity index (χ1n) is 6.43. The summed E-state index contributed by atoms with van der Waals surface area (Å²) >= 11 is 0. The van der Waals surface area contributed by atoms with Crippen molar-refractivity contribution in [3.8, 4) is 11.1 Å². The largest absolute Gasteiger partial charge is 0.397 e. The summed E-state index contributed by atoms with van der Waals surface area (Å²) in [6.45, 7) is 4.23. The van der Waals surface area contributed by atoms with Crippen molar-refractivity contribution in [3.63, 3.8) is 0 Å². The Balaban J connectivity index is 2.47. The predicted molar refractivity (Wildman–Crippen MR) is 79.5 cm³/mol. The number of nitrogen functional groups attached to an aromatic ring is 2. The van der Waals surface area contributed by atoms with Gasteiger partial charge in [0.05, 0.1) is 11.4 Å². The zero-order valence-electron chi connectivity index (χ0n) is 11.0. The SMILES string of the molecule is CCc1ccc(-c2ccc(CC)c(N)c2N)cc1. The molecule has 2 heteroatoms. The van der Waals surface area contributed by atoms with Crippen LogP contribution >= 0.6 is 0 Å². The fourth-order valence-electron chi connectivity index (χ4n) is 2.16. The van der Waals surface area contributed by atoms with Crippen LogP contribution in [0.2, 0.25) is 0 Å². The smallest absolute Gasteiger partial charge is 0.0630 e. The summed E-state index contributed by atoms with van der Waals surface area (Å²) in [6, 6.07) is 12.6. The van der Waals surface area contributed by atoms with E-state index in [9.17, 15) is 0 Å². The van der Waals surface area contributed by atoms with E-state index in [0.717, 1.165) is 35.2 Å². The minimum Gasteiger partial charge on any atom is -0.397 e. The second-order valence-corrected chi connectivity index (χ2v) is 4.50. The molecule has 0 saturated heterocycles. The van der Waals surface area contributed by atoms with Crippen molar-refractivity contribution in [1.29, 1.82) is 0 Å². The van der Waals surface area contributed by atoms with Gasteiger partial charge >= 0.3 is 0 Å². The molecule has 94 valence electrons. The molecule has 18 heavy (non-hydrogen) atoms. The second kappa shape index (κ2) is 5.13. The van der Waals surface area contributed by atoms with Crippen LogP contribution in [0.1, 0.15) is 25.0 Å². The van der Waals surface area contributed by atoms with Gasteiger partial charge in [0.1, 0.15) is 0 Å². The van der Waals surface area contributed by atoms with Crippen molar-refractivity contribution in [3.05, 3.63) is 47.5 Å². The van der Waals surface area contributed by atoms with Gasteiger partial charge in [-0.05, 0) is 29.5 Å². The summed E-state index contributed by atoms with van der Waals surface area (Å²) in [5.74, 6) is 0. The van der Waals surface area contributed by atoms with Gasteiger partial charge in [-0.2, -0.15) is 0 Å². The van der Waals surface area contributed by atoms with Gasteiger partial charge in [-0.25, -0.2) is 0 Å². The number of nitrogens with two attached hydrogens (primary N) is 2. The maximum absolute atomic E-state index is 6.14. The number of hydrogen-bond acceptors (Lipinski definition) is 2. The van der Waals surface area contributed by atoms with Gasteiger partial charge in [0.15, 0.2) is 0 Å². The summed E-state index contributed by atoms with van der Waals surface area (Å²) in [5.41, 5.74) is 18.2. The number of rotatable bonds is 3. The lowest BCUT2D eigenvalue weighted by Crippen LogP contribution is -2.01. The summed E-state index contributed by atoms with van der Waals surface area (Å²) in [7, 11) is 0. The highest BCUT2D eigenvalue weighted by Crippen LogP contribution is 2.32. The minimum absolute atomic E-state index is 0.693. The first kappa shape index (κ1) is 12.5. The quantitative estimate of drug-likeness (QED) is 0.805. The van der Waals surface area contributed by atoms with E-state index in [-0.39, 0.29) is 0 Å². The topological polar surface area (TPSA) is 52.0 Å². The van der Waals surface area contributed by atoms with Crippen LogP contribution in [-0.2, 0) is 12.8 Å². The molecule has 0 aliphatic carbocycles. The standard InChI is InChI=1S/C16H20N2/c1-3-11-5-7-13(8-6-11)14-10-9-12(4-2)15(17)16(14)18/h5-10H,3-4,17-18H2,1-2H3. The van der Waals surface area contributed by atoms with Crippen molar-refractivity contribution >= 4 is 11.4 Å². The fourth-order valence-corrected chi connectivity index (χ4v) is 2.16. The van der Waals surface area contributed by atoms with Crippen molar-refractivity contribution in [2.75, 3.05) is 11.5 Å². The lowest BCUT2D eigenvalue weighted by atomic mass is 9.98. The Labute approximate surface area is 109 Å². The van der Waals surface area contributed by atoms with Gasteiger partial charge < -0.3 is 11.5 Å². The minimum atomic E-state index is 0.693. The molecule has 0 saturated carbocycles. The molecule has 0 aliphatic heterocycles. The highest BCUT2D eigenvalue weighted by Gasteiger charge is 2.08. The lowest BCUT2D eigenvalue weighted by molar-refractivity contribution is 1.14. The summed E-state index contributed by atoms with van der Waals surface area (Å²) in [4.78, 5) is 0. The zero-order valence-corrected chi connectivity index (χ0v) is 11.0. The third-order valence-corrected chi connectivity index (χ3v) is 3.43. The van der Waals surface area contributed by atoms with E-state index < -0.39 is 0 Å². The highest BCUT2D eigenvalue weighted by molar-refractivity contribution is 5.86. The third-order valence-electron chi connectivity index (χ3n) is 3.43. The van der Waals surface area contributed by atoms with Crippen molar-refractivity contribution < 1.29 is 0 Å². The lowest BCUT2D eigenvalue weighted by Gasteiger charge is -2.12. The van der Waals surface area contributed by atoms with Crippen molar-refractivity contribution in [1.82, 2.24) is 0 Å². The molecule has 0 radical (unpaired) electrons. The van der Waals surface area contributed by atoms with Crippen LogP contribution < -0.4 is 11.5 Å². The maximum atomic E-state index is 6.14. The third kappa shape index (κ3) is 2.19. The van der Waals surface area contributed by atoms with Crippen molar-refractivity contribution in [2.24, 2.45) is 0 Å². The molecule has 0 aliphatic rings. The highest BCUT2D eigenvalue weighted by atomic mass is 14.7. The molecule has 0 fully saturated rings. The zero-order chi connectivity index (χ0) is 13.1. The Morgan fingerprint density at radius 3 is 2.00 bits per heavy atom. The van der Waals surface area contributed by atoms with Crippen LogP contribution in [-0.4, -0.2) is 0 Å². The molecule has 2 aromatic rings. The molecule has 2 aromatic carbocycles. The van der Waals surface area contributed by atoms with Gasteiger partial charge in [0.2, 0.25) is 0 Å². The molecule has 0 atom stereocenters. The summed E-state index contributed by atoms with van der Waals surface area (Å²) in [5, 5.41) is 0. The summed E-state index contributed by atoms with van der Waals surface area (Å²) in [6.07, 6.45) is 1.96. The van der Waals surface area contributed by atoms with E-state index in [2.05, 4.69) is 50.2 Å². The molecular weight excluding hydrogens is 220 g/mol. The molecule has 2 rings (SSSR count). The Hall–Kier alpha value is -1.96. The van der Waals surface area contributed by atoms with Crippen LogP contribution in [0.5, 0.6) is 0 Å². The predicted octanol–water partition coefficient (Wildman–Crippen LogP) is 3.64. The number of hydrogen-bond donors (Lipinski definition) is 2.